The lowest BCUT2D eigenvalue weighted by Crippen LogP contribution is -2.46. The summed E-state index contributed by atoms with van der Waals surface area (Å²) in [5.41, 5.74) is 4.11. The third-order valence-electron chi connectivity index (χ3n) is 5.32. The van der Waals surface area contributed by atoms with Gasteiger partial charge in [-0.3, -0.25) is 4.98 Å². The standard InChI is InChI=1S/C20H27N5S/c1-14-3-4-18(15(2)22-14)19-5-9-21-20(24-19)25-10-6-16(7-11-25)23-17-8-12-26-13-17/h3-5,9,16-17,23H,6-8,10-13H2,1-2H3/t17-/m1/s1. The highest BCUT2D eigenvalue weighted by Gasteiger charge is 2.24. The summed E-state index contributed by atoms with van der Waals surface area (Å²) in [5, 5.41) is 3.84. The summed E-state index contributed by atoms with van der Waals surface area (Å²) < 4.78 is 0. The number of hydrogen-bond acceptors (Lipinski definition) is 6. The van der Waals surface area contributed by atoms with E-state index in [2.05, 4.69) is 38.0 Å². The normalized spacial score (nSPS) is 21.3. The van der Waals surface area contributed by atoms with Crippen molar-refractivity contribution in [3.8, 4) is 11.3 Å². The van der Waals surface area contributed by atoms with Crippen LogP contribution in [0.15, 0.2) is 24.4 Å². The first kappa shape index (κ1) is 17.7. The number of anilines is 1. The molecule has 2 aliphatic rings. The van der Waals surface area contributed by atoms with E-state index in [4.69, 9.17) is 4.98 Å². The molecule has 0 bridgehead atoms. The van der Waals surface area contributed by atoms with Gasteiger partial charge < -0.3 is 10.2 Å². The quantitative estimate of drug-likeness (QED) is 0.893. The number of nitrogens with one attached hydrogen (secondary N) is 1. The van der Waals surface area contributed by atoms with Crippen molar-refractivity contribution in [3.63, 3.8) is 0 Å². The second kappa shape index (κ2) is 7.92. The molecule has 4 rings (SSSR count). The van der Waals surface area contributed by atoms with Gasteiger partial charge in [-0.05, 0) is 57.1 Å². The molecule has 0 aromatic carbocycles. The van der Waals surface area contributed by atoms with Gasteiger partial charge in [0.2, 0.25) is 5.95 Å². The predicted molar refractivity (Wildman–Crippen MR) is 109 cm³/mol. The van der Waals surface area contributed by atoms with Crippen molar-refractivity contribution in [3.05, 3.63) is 35.8 Å². The summed E-state index contributed by atoms with van der Waals surface area (Å²) in [4.78, 5) is 16.3. The maximum absolute atomic E-state index is 4.84. The van der Waals surface area contributed by atoms with Gasteiger partial charge in [0.25, 0.3) is 0 Å². The van der Waals surface area contributed by atoms with Gasteiger partial charge in [-0.1, -0.05) is 0 Å². The van der Waals surface area contributed by atoms with E-state index in [0.717, 1.165) is 41.7 Å². The maximum atomic E-state index is 4.84. The Hall–Kier alpha value is -1.66. The number of piperidine rings is 1. The van der Waals surface area contributed by atoms with Crippen LogP contribution >= 0.6 is 11.8 Å². The fourth-order valence-corrected chi connectivity index (χ4v) is 5.02. The lowest BCUT2D eigenvalue weighted by Gasteiger charge is -2.34. The molecule has 0 spiro atoms. The molecule has 0 amide bonds. The first-order valence-corrected chi connectivity index (χ1v) is 10.7. The summed E-state index contributed by atoms with van der Waals surface area (Å²) in [6.07, 6.45) is 5.52. The van der Waals surface area contributed by atoms with Crippen LogP contribution in [0.25, 0.3) is 11.3 Å². The van der Waals surface area contributed by atoms with Gasteiger partial charge in [0, 0.05) is 54.1 Å². The zero-order chi connectivity index (χ0) is 17.9. The van der Waals surface area contributed by atoms with E-state index in [0.29, 0.717) is 12.1 Å². The fourth-order valence-electron chi connectivity index (χ4n) is 3.85. The Balaban J connectivity index is 1.42. The monoisotopic (exact) mass is 369 g/mol. The Morgan fingerprint density at radius 1 is 1.04 bits per heavy atom. The topological polar surface area (TPSA) is 53.9 Å². The van der Waals surface area contributed by atoms with Gasteiger partial charge in [-0.2, -0.15) is 11.8 Å². The van der Waals surface area contributed by atoms with E-state index in [-0.39, 0.29) is 0 Å². The second-order valence-corrected chi connectivity index (χ2v) is 8.47. The zero-order valence-electron chi connectivity index (χ0n) is 15.6. The van der Waals surface area contributed by atoms with Crippen molar-refractivity contribution in [2.45, 2.75) is 45.2 Å². The summed E-state index contributed by atoms with van der Waals surface area (Å²) in [5.74, 6) is 3.43. The molecule has 0 aliphatic carbocycles. The van der Waals surface area contributed by atoms with Crippen molar-refractivity contribution < 1.29 is 0 Å². The van der Waals surface area contributed by atoms with E-state index in [9.17, 15) is 0 Å². The number of nitrogens with zero attached hydrogens (tertiary/aromatic N) is 4. The van der Waals surface area contributed by atoms with Crippen LogP contribution in [-0.4, -0.2) is 51.6 Å². The van der Waals surface area contributed by atoms with Crippen LogP contribution in [0.5, 0.6) is 0 Å². The molecule has 2 saturated heterocycles. The van der Waals surface area contributed by atoms with Crippen LogP contribution in [-0.2, 0) is 0 Å². The summed E-state index contributed by atoms with van der Waals surface area (Å²) in [6, 6.07) is 7.49. The van der Waals surface area contributed by atoms with Crippen molar-refractivity contribution in [1.29, 1.82) is 0 Å². The lowest BCUT2D eigenvalue weighted by molar-refractivity contribution is 0.377. The van der Waals surface area contributed by atoms with Gasteiger partial charge in [0.05, 0.1) is 5.69 Å². The Bertz CT molecular complexity index is 752. The van der Waals surface area contributed by atoms with E-state index in [1.54, 1.807) is 0 Å². The molecular weight excluding hydrogens is 342 g/mol. The van der Waals surface area contributed by atoms with Crippen LogP contribution in [0.1, 0.15) is 30.7 Å². The molecule has 0 unspecified atom stereocenters. The molecular formula is C20H27N5S. The molecule has 2 aromatic heterocycles. The maximum Gasteiger partial charge on any atom is 0.225 e. The minimum absolute atomic E-state index is 0.640. The Labute approximate surface area is 160 Å². The van der Waals surface area contributed by atoms with E-state index in [1.807, 2.05) is 32.2 Å². The Kier molecular flexibility index (Phi) is 5.41. The fraction of sp³-hybridized carbons (Fsp3) is 0.550. The molecule has 2 fully saturated rings. The van der Waals surface area contributed by atoms with Crippen molar-refractivity contribution in [2.75, 3.05) is 29.5 Å². The van der Waals surface area contributed by atoms with Gasteiger partial charge in [-0.15, -0.1) is 0 Å². The van der Waals surface area contributed by atoms with Gasteiger partial charge in [-0.25, -0.2) is 9.97 Å². The second-order valence-electron chi connectivity index (χ2n) is 7.32. The third-order valence-corrected chi connectivity index (χ3v) is 6.49. The number of hydrogen-bond donors (Lipinski definition) is 1. The van der Waals surface area contributed by atoms with Crippen LogP contribution < -0.4 is 10.2 Å². The number of rotatable bonds is 4. The largest absolute Gasteiger partial charge is 0.341 e. The van der Waals surface area contributed by atoms with Gasteiger partial charge >= 0.3 is 0 Å². The van der Waals surface area contributed by atoms with Crippen LogP contribution in [0.3, 0.4) is 0 Å². The van der Waals surface area contributed by atoms with Crippen LogP contribution in [0, 0.1) is 13.8 Å². The number of aryl methyl sites for hydroxylation is 2. The minimum Gasteiger partial charge on any atom is -0.341 e. The molecule has 26 heavy (non-hydrogen) atoms. The average molecular weight is 370 g/mol. The molecule has 0 saturated carbocycles. The average Bonchev–Trinajstić information content (AvgIpc) is 3.15. The SMILES string of the molecule is Cc1ccc(-c2ccnc(N3CCC(N[C@@H]4CCSC4)CC3)n2)c(C)n1. The molecule has 2 aromatic rings. The van der Waals surface area contributed by atoms with Crippen molar-refractivity contribution in [2.24, 2.45) is 0 Å². The van der Waals surface area contributed by atoms with E-state index in [1.165, 1.54) is 30.8 Å². The molecule has 6 heteroatoms. The number of aromatic nitrogens is 3. The Morgan fingerprint density at radius 3 is 2.62 bits per heavy atom. The Morgan fingerprint density at radius 2 is 1.88 bits per heavy atom. The highest BCUT2D eigenvalue weighted by Crippen LogP contribution is 2.24. The summed E-state index contributed by atoms with van der Waals surface area (Å²) >= 11 is 2.07. The molecule has 2 aliphatic heterocycles. The van der Waals surface area contributed by atoms with E-state index >= 15 is 0 Å². The number of pyridine rings is 1. The minimum atomic E-state index is 0.640. The first-order chi connectivity index (χ1) is 12.7. The van der Waals surface area contributed by atoms with Crippen LogP contribution in [0.2, 0.25) is 0 Å². The molecule has 1 atom stereocenters. The lowest BCUT2D eigenvalue weighted by atomic mass is 10.0. The molecule has 1 N–H and O–H groups in total. The molecule has 138 valence electrons. The number of thioether (sulfide) groups is 1. The summed E-state index contributed by atoms with van der Waals surface area (Å²) in [6.45, 7) is 6.10. The first-order valence-electron chi connectivity index (χ1n) is 9.55. The predicted octanol–water partition coefficient (Wildman–Crippen LogP) is 3.22. The van der Waals surface area contributed by atoms with Crippen molar-refractivity contribution >= 4 is 17.7 Å². The van der Waals surface area contributed by atoms with Gasteiger partial charge in [0.15, 0.2) is 0 Å². The van der Waals surface area contributed by atoms with E-state index < -0.39 is 0 Å². The third kappa shape index (κ3) is 4.01. The van der Waals surface area contributed by atoms with Crippen LogP contribution in [0.4, 0.5) is 5.95 Å². The zero-order valence-corrected chi connectivity index (χ0v) is 16.4. The smallest absolute Gasteiger partial charge is 0.225 e. The molecule has 4 heterocycles. The van der Waals surface area contributed by atoms with Crippen molar-refractivity contribution in [1.82, 2.24) is 20.3 Å². The molecule has 0 radical (unpaired) electrons. The molecule has 5 nitrogen and oxygen atoms in total. The highest BCUT2D eigenvalue weighted by atomic mass is 32.2. The highest BCUT2D eigenvalue weighted by molar-refractivity contribution is 7.99. The van der Waals surface area contributed by atoms with Gasteiger partial charge in [0.1, 0.15) is 0 Å². The summed E-state index contributed by atoms with van der Waals surface area (Å²) in [7, 11) is 0.